The maximum Gasteiger partial charge on any atom is 0.473 e. The van der Waals surface area contributed by atoms with Gasteiger partial charge in [0, 0.05) is 6.16 Å². The average molecular weight is 795 g/mol. The van der Waals surface area contributed by atoms with Gasteiger partial charge >= 0.3 is 16.0 Å². The number of hydrogen-bond acceptors (Lipinski definition) is 13. The summed E-state index contributed by atoms with van der Waals surface area (Å²) in [5.74, 6) is 0.266. The Hall–Kier alpha value is -3.93. The molecule has 0 spiro atoms. The van der Waals surface area contributed by atoms with Crippen LogP contribution in [0.5, 0.6) is 17.2 Å². The van der Waals surface area contributed by atoms with Crippen LogP contribution in [0.2, 0.25) is 0 Å². The number of rotatable bonds is 19. The van der Waals surface area contributed by atoms with Crippen LogP contribution in [0, 0.1) is 0 Å². The second-order valence-corrected chi connectivity index (χ2v) is 16.8. The number of phosphoric acid groups is 2. The summed E-state index contributed by atoms with van der Waals surface area (Å²) in [6.45, 7) is -0.425. The predicted molar refractivity (Wildman–Crippen MR) is 194 cm³/mol. The quantitative estimate of drug-likeness (QED) is 0.0858. The molecule has 0 N–H and O–H groups in total. The molecule has 13 nitrogen and oxygen atoms in total. The first kappa shape index (κ1) is 39.8. The Bertz CT molecular complexity index is 1920. The van der Waals surface area contributed by atoms with Gasteiger partial charge in [0.15, 0.2) is 11.5 Å². The molecule has 1 aliphatic heterocycles. The van der Waals surface area contributed by atoms with Crippen LogP contribution in [0.25, 0.3) is 0 Å². The molecule has 0 bridgehead atoms. The Kier molecular flexibility index (Phi) is 13.7. The van der Waals surface area contributed by atoms with Crippen molar-refractivity contribution in [3.63, 3.8) is 0 Å². The highest BCUT2D eigenvalue weighted by Gasteiger charge is 2.50. The monoisotopic (exact) mass is 794 g/mol. The zero-order valence-electron chi connectivity index (χ0n) is 28.7. The third kappa shape index (κ3) is 12.0. The minimum Gasteiger partial charge on any atom is -0.778 e. The smallest absolute Gasteiger partial charge is 0.473 e. The highest BCUT2D eigenvalue weighted by molar-refractivity contribution is 7.62. The highest BCUT2D eigenvalue weighted by atomic mass is 31.3. The number of hydrogen-bond donors (Lipinski definition) is 0. The summed E-state index contributed by atoms with van der Waals surface area (Å²) < 4.78 is 71.9. The van der Waals surface area contributed by atoms with Crippen LogP contribution in [-0.2, 0) is 45.4 Å². The van der Waals surface area contributed by atoms with Crippen molar-refractivity contribution in [1.82, 2.24) is 0 Å². The molecule has 16 heteroatoms. The molecule has 6 rings (SSSR count). The molecule has 284 valence electrons. The van der Waals surface area contributed by atoms with Crippen molar-refractivity contribution >= 4 is 23.6 Å². The first-order valence-corrected chi connectivity index (χ1v) is 21.5. The van der Waals surface area contributed by atoms with Gasteiger partial charge in [0.2, 0.25) is 0 Å². The fraction of sp³-hybridized carbons (Fsp3) is 0.211. The van der Waals surface area contributed by atoms with Crippen LogP contribution in [0.1, 0.15) is 11.1 Å². The van der Waals surface area contributed by atoms with Crippen molar-refractivity contribution in [2.75, 3.05) is 12.8 Å². The van der Waals surface area contributed by atoms with Gasteiger partial charge in [-0.2, -0.15) is 4.52 Å². The van der Waals surface area contributed by atoms with Gasteiger partial charge < -0.3 is 38.0 Å². The van der Waals surface area contributed by atoms with Gasteiger partial charge in [-0.25, -0.2) is 0 Å². The number of para-hydroxylation sites is 3. The molecule has 0 saturated carbocycles. The Balaban J connectivity index is 1.27. The lowest BCUT2D eigenvalue weighted by molar-refractivity contribution is -0.234. The first-order valence-electron chi connectivity index (χ1n) is 16.8. The van der Waals surface area contributed by atoms with Gasteiger partial charge in [-0.05, 0) is 47.5 Å². The summed E-state index contributed by atoms with van der Waals surface area (Å²) in [5, 5.41) is 0. The zero-order valence-corrected chi connectivity index (χ0v) is 31.4. The van der Waals surface area contributed by atoms with E-state index < -0.39 is 60.8 Å². The predicted octanol–water partition coefficient (Wildman–Crippen LogP) is 6.25. The van der Waals surface area contributed by atoms with E-state index in [1.807, 2.05) is 60.7 Å². The first-order chi connectivity index (χ1) is 26.0. The van der Waals surface area contributed by atoms with Crippen molar-refractivity contribution < 1.29 is 60.4 Å². The van der Waals surface area contributed by atoms with Gasteiger partial charge in [-0.3, -0.25) is 17.9 Å². The van der Waals surface area contributed by atoms with E-state index in [0.29, 0.717) is 0 Å². The second kappa shape index (κ2) is 18.6. The minimum absolute atomic E-state index is 0.0120. The summed E-state index contributed by atoms with van der Waals surface area (Å²) in [6.07, 6.45) is -5.62. The molecule has 1 fully saturated rings. The highest BCUT2D eigenvalue weighted by Crippen LogP contribution is 2.57. The largest absolute Gasteiger partial charge is 0.778 e. The van der Waals surface area contributed by atoms with Gasteiger partial charge in [-0.1, -0.05) is 115 Å². The van der Waals surface area contributed by atoms with Crippen LogP contribution < -0.4 is 28.3 Å². The normalized spacial score (nSPS) is 20.7. The van der Waals surface area contributed by atoms with Crippen LogP contribution in [-0.4, -0.2) is 37.2 Å². The molecule has 0 radical (unpaired) electrons. The Morgan fingerprint density at radius 3 is 1.44 bits per heavy atom. The third-order valence-electron chi connectivity index (χ3n) is 7.88. The molecule has 0 aliphatic carbocycles. The van der Waals surface area contributed by atoms with Crippen LogP contribution in [0.3, 0.4) is 0 Å². The van der Waals surface area contributed by atoms with E-state index >= 15 is 0 Å². The van der Waals surface area contributed by atoms with E-state index in [1.54, 1.807) is 66.7 Å². The van der Waals surface area contributed by atoms with Crippen LogP contribution in [0.4, 0.5) is 0 Å². The maximum absolute atomic E-state index is 14.2. The number of phosphoric ester groups is 2. The minimum atomic E-state index is -5.41. The molecule has 0 amide bonds. The van der Waals surface area contributed by atoms with E-state index in [1.165, 1.54) is 24.3 Å². The van der Waals surface area contributed by atoms with Gasteiger partial charge in [0.1, 0.15) is 38.3 Å². The Morgan fingerprint density at radius 2 is 0.981 bits per heavy atom. The van der Waals surface area contributed by atoms with E-state index in [4.69, 9.17) is 32.3 Å². The van der Waals surface area contributed by atoms with Gasteiger partial charge in [0.25, 0.3) is 0 Å². The topological polar surface area (TPSA) is 177 Å². The van der Waals surface area contributed by atoms with Crippen molar-refractivity contribution in [3.8, 4) is 17.2 Å². The summed E-state index contributed by atoms with van der Waals surface area (Å²) in [6, 6.07) is 42.2. The molecule has 2 unspecified atom stereocenters. The molecule has 54 heavy (non-hydrogen) atoms. The molecule has 1 saturated heterocycles. The van der Waals surface area contributed by atoms with Crippen molar-refractivity contribution in [1.29, 1.82) is 0 Å². The van der Waals surface area contributed by atoms with Crippen LogP contribution >= 0.6 is 23.6 Å². The Labute approximate surface area is 313 Å². The fourth-order valence-electron chi connectivity index (χ4n) is 5.51. The van der Waals surface area contributed by atoms with Gasteiger partial charge in [0.05, 0.1) is 19.3 Å². The van der Waals surface area contributed by atoms with E-state index in [-0.39, 0.29) is 30.5 Å². The molecule has 5 aromatic carbocycles. The molecule has 1 aliphatic rings. The third-order valence-corrected chi connectivity index (χ3v) is 12.3. The van der Waals surface area contributed by atoms with Crippen molar-refractivity contribution in [3.05, 3.63) is 163 Å². The zero-order chi connectivity index (χ0) is 37.9. The molecule has 5 aromatic rings. The molecule has 1 heterocycles. The average Bonchev–Trinajstić information content (AvgIpc) is 3.48. The lowest BCUT2D eigenvalue weighted by Crippen LogP contribution is -2.40. The summed E-state index contributed by atoms with van der Waals surface area (Å²) in [7, 11) is -15.1. The lowest BCUT2D eigenvalue weighted by Gasteiger charge is -2.33. The summed E-state index contributed by atoms with van der Waals surface area (Å²) in [4.78, 5) is 40.3. The van der Waals surface area contributed by atoms with Crippen LogP contribution in [0.15, 0.2) is 152 Å². The van der Waals surface area contributed by atoms with Gasteiger partial charge in [-0.15, -0.1) is 0 Å². The standard InChI is InChI=1S/C38H39O13P3/c39-52(40,51-53(41,42)48-32-20-10-3-11-21-32)29-36-38(45-27-31-18-8-2-9-19-31)37(44-26-30-16-6-1-7-17-30)35(47-36)28-46-54(43,49-33-22-12-4-13-23-33)50-34-24-14-5-15-25-34/h1-25,35-38H,26-29H2,(H,39,40)(H,41,42)/p-2/t35-,36-,37-,38-/m1/s1. The molecular weight excluding hydrogens is 757 g/mol. The SMILES string of the molecule is O=P([O-])(C[C@H]1O[C@H](CO[P+]([O-])(Oc2ccccc2)Oc2ccccc2)[C@@H](OCc2ccccc2)[C@@H]1OCc1ccccc1)OP(=O)([O-])Oc1ccccc1. The van der Waals surface area contributed by atoms with E-state index in [9.17, 15) is 23.8 Å². The Morgan fingerprint density at radius 1 is 0.574 bits per heavy atom. The molecular formula is C38H37O13P3-2. The maximum atomic E-state index is 14.2. The molecule has 0 aromatic heterocycles. The fourth-order valence-corrected chi connectivity index (χ4v) is 9.48. The second-order valence-electron chi connectivity index (χ2n) is 12.0. The number of benzene rings is 5. The van der Waals surface area contributed by atoms with Crippen molar-refractivity contribution in [2.24, 2.45) is 0 Å². The van der Waals surface area contributed by atoms with E-state index in [2.05, 4.69) is 4.31 Å². The van der Waals surface area contributed by atoms with Crippen molar-refractivity contribution in [2.45, 2.75) is 37.6 Å². The van der Waals surface area contributed by atoms with E-state index in [0.717, 1.165) is 11.1 Å². The number of ether oxygens (including phenoxy) is 3. The summed E-state index contributed by atoms with van der Waals surface area (Å²) >= 11 is 0. The molecule has 6 atom stereocenters. The summed E-state index contributed by atoms with van der Waals surface area (Å²) in [5.41, 5.74) is 1.55. The lowest BCUT2D eigenvalue weighted by atomic mass is 10.1.